The van der Waals surface area contributed by atoms with Crippen LogP contribution in [0, 0.1) is 0 Å². The van der Waals surface area contributed by atoms with Crippen LogP contribution >= 0.6 is 0 Å². The molecule has 0 aromatic carbocycles. The fourth-order valence-electron chi connectivity index (χ4n) is 6.66. The van der Waals surface area contributed by atoms with Crippen molar-refractivity contribution < 1.29 is 4.79 Å². The molecule has 0 fully saturated rings. The van der Waals surface area contributed by atoms with Crippen LogP contribution in [-0.2, 0) is 4.79 Å². The lowest BCUT2D eigenvalue weighted by Gasteiger charge is -2.28. The minimum absolute atomic E-state index is 0.0665. The number of hydrogen-bond donors (Lipinski definition) is 1. The average Bonchev–Trinajstić information content (AvgIpc) is 3.48. The summed E-state index contributed by atoms with van der Waals surface area (Å²) in [6.45, 7) is 8.55. The molecule has 1 heterocycles. The zero-order valence-electron chi connectivity index (χ0n) is 29.7. The van der Waals surface area contributed by atoms with E-state index in [0.717, 1.165) is 25.9 Å². The lowest BCUT2D eigenvalue weighted by Crippen LogP contribution is -2.47. The molecule has 4 heteroatoms. The van der Waals surface area contributed by atoms with E-state index < -0.39 is 0 Å². The summed E-state index contributed by atoms with van der Waals surface area (Å²) >= 11 is 0. The van der Waals surface area contributed by atoms with Gasteiger partial charge >= 0.3 is 0 Å². The van der Waals surface area contributed by atoms with E-state index in [1.807, 2.05) is 0 Å². The van der Waals surface area contributed by atoms with Gasteiger partial charge in [-0.15, -0.1) is 0 Å². The molecule has 1 unspecified atom stereocenters. The largest absolute Gasteiger partial charge is 0.338 e. The van der Waals surface area contributed by atoms with E-state index in [2.05, 4.69) is 31.0 Å². The molecular weight excluding hydrogens is 526 g/mol. The van der Waals surface area contributed by atoms with E-state index in [-0.39, 0.29) is 12.1 Å². The summed E-state index contributed by atoms with van der Waals surface area (Å²) < 4.78 is 0. The Kier molecular flexibility index (Phi) is 28.8. The first-order chi connectivity index (χ1) is 21.2. The third-order valence-electron chi connectivity index (χ3n) is 9.57. The Labute approximate surface area is 270 Å². The first-order valence-electron chi connectivity index (χ1n) is 19.8. The van der Waals surface area contributed by atoms with Gasteiger partial charge in [0.25, 0.3) is 0 Å². The van der Waals surface area contributed by atoms with Crippen LogP contribution in [0.5, 0.6) is 0 Å². The lowest BCUT2D eigenvalue weighted by atomic mass is 10.0. The minimum Gasteiger partial charge on any atom is -0.338 e. The number of nitrogens with one attached hydrogen (secondary N) is 1. The average molecular weight is 604 g/mol. The monoisotopic (exact) mass is 604 g/mol. The molecule has 0 aromatic heterocycles. The second-order valence-electron chi connectivity index (χ2n) is 13.8. The van der Waals surface area contributed by atoms with Gasteiger partial charge in [-0.05, 0) is 19.8 Å². The summed E-state index contributed by atoms with van der Waals surface area (Å²) in [6, 6.07) is 0. The summed E-state index contributed by atoms with van der Waals surface area (Å²) in [5, 5.41) is 3.26. The minimum atomic E-state index is 0.0665. The highest BCUT2D eigenvalue weighted by molar-refractivity contribution is 5.84. The predicted molar refractivity (Wildman–Crippen MR) is 191 cm³/mol. The van der Waals surface area contributed by atoms with Gasteiger partial charge < -0.3 is 10.2 Å². The lowest BCUT2D eigenvalue weighted by molar-refractivity contribution is -0.122. The molecule has 0 radical (unpaired) electrons. The van der Waals surface area contributed by atoms with Crippen LogP contribution in [-0.4, -0.2) is 35.9 Å². The van der Waals surface area contributed by atoms with Crippen LogP contribution < -0.4 is 5.32 Å². The quantitative estimate of drug-likeness (QED) is 0.0758. The van der Waals surface area contributed by atoms with E-state index in [0.29, 0.717) is 6.42 Å². The van der Waals surface area contributed by atoms with Gasteiger partial charge in [0, 0.05) is 19.4 Å². The number of hydrogen-bond acceptors (Lipinski definition) is 3. The standard InChI is InChI=1S/C39H77N3O/c1-4-6-8-10-12-14-16-18-19-20-22-23-25-27-29-31-33-38-40-35-36-42(38)37(3)41-39(43)34-32-30-28-26-24-21-17-15-13-11-9-7-5-2/h37H,4-36H2,1-3H3,(H,41,43). The summed E-state index contributed by atoms with van der Waals surface area (Å²) in [4.78, 5) is 19.7. The number of carbonyl (C=O) groups excluding carboxylic acids is 1. The highest BCUT2D eigenvalue weighted by Gasteiger charge is 2.22. The molecule has 0 spiro atoms. The molecule has 1 aliphatic heterocycles. The first kappa shape index (κ1) is 40.0. The third-order valence-corrected chi connectivity index (χ3v) is 9.57. The maximum Gasteiger partial charge on any atom is 0.221 e. The molecule has 1 aliphatic rings. The van der Waals surface area contributed by atoms with Crippen LogP contribution in [0.15, 0.2) is 4.99 Å². The fraction of sp³-hybridized carbons (Fsp3) is 0.949. The molecule has 4 nitrogen and oxygen atoms in total. The highest BCUT2D eigenvalue weighted by Crippen LogP contribution is 2.17. The van der Waals surface area contributed by atoms with Crippen molar-refractivity contribution in [3.8, 4) is 0 Å². The van der Waals surface area contributed by atoms with E-state index in [9.17, 15) is 4.79 Å². The molecule has 1 N–H and O–H groups in total. The van der Waals surface area contributed by atoms with Crippen LogP contribution in [0.3, 0.4) is 0 Å². The van der Waals surface area contributed by atoms with Crippen molar-refractivity contribution in [3.63, 3.8) is 0 Å². The summed E-state index contributed by atoms with van der Waals surface area (Å²) in [7, 11) is 0. The Morgan fingerprint density at radius 3 is 1.33 bits per heavy atom. The van der Waals surface area contributed by atoms with E-state index in [1.54, 1.807) is 0 Å². The van der Waals surface area contributed by atoms with Crippen LogP contribution in [0.25, 0.3) is 0 Å². The molecule has 0 bridgehead atoms. The van der Waals surface area contributed by atoms with Crippen LogP contribution in [0.4, 0.5) is 0 Å². The van der Waals surface area contributed by atoms with Gasteiger partial charge in [0.05, 0.1) is 12.7 Å². The Morgan fingerprint density at radius 1 is 0.581 bits per heavy atom. The Balaban J connectivity index is 1.92. The van der Waals surface area contributed by atoms with Gasteiger partial charge in [-0.3, -0.25) is 9.79 Å². The van der Waals surface area contributed by atoms with Gasteiger partial charge in [0.1, 0.15) is 5.84 Å². The van der Waals surface area contributed by atoms with Crippen molar-refractivity contribution in [2.75, 3.05) is 13.1 Å². The first-order valence-corrected chi connectivity index (χ1v) is 19.8. The number of carbonyl (C=O) groups is 1. The second-order valence-corrected chi connectivity index (χ2v) is 13.8. The second kappa shape index (κ2) is 30.9. The van der Waals surface area contributed by atoms with Crippen LogP contribution in [0.1, 0.15) is 220 Å². The highest BCUT2D eigenvalue weighted by atomic mass is 16.1. The van der Waals surface area contributed by atoms with E-state index in [1.165, 1.54) is 186 Å². The van der Waals surface area contributed by atoms with Crippen molar-refractivity contribution >= 4 is 11.7 Å². The molecule has 0 saturated carbocycles. The number of rotatable bonds is 33. The zero-order valence-corrected chi connectivity index (χ0v) is 29.7. The van der Waals surface area contributed by atoms with Crippen molar-refractivity contribution in [2.24, 2.45) is 4.99 Å². The zero-order chi connectivity index (χ0) is 31.1. The van der Waals surface area contributed by atoms with Gasteiger partial charge in [-0.2, -0.15) is 0 Å². The molecule has 43 heavy (non-hydrogen) atoms. The summed E-state index contributed by atoms with van der Waals surface area (Å²) in [5.74, 6) is 1.43. The molecule has 254 valence electrons. The van der Waals surface area contributed by atoms with E-state index in [4.69, 9.17) is 4.99 Å². The smallest absolute Gasteiger partial charge is 0.221 e. The Bertz CT molecular complexity index is 634. The third kappa shape index (κ3) is 24.9. The molecule has 0 aromatic rings. The molecule has 1 rings (SSSR count). The molecule has 1 amide bonds. The normalized spacial score (nSPS) is 13.9. The molecule has 0 aliphatic carbocycles. The van der Waals surface area contributed by atoms with Crippen molar-refractivity contribution in [3.05, 3.63) is 0 Å². The summed E-state index contributed by atoms with van der Waals surface area (Å²) in [6.07, 6.45) is 41.7. The summed E-state index contributed by atoms with van der Waals surface area (Å²) in [5.41, 5.74) is 0. The Hall–Kier alpha value is -1.06. The number of unbranched alkanes of at least 4 members (excludes halogenated alkanes) is 27. The van der Waals surface area contributed by atoms with E-state index >= 15 is 0 Å². The topological polar surface area (TPSA) is 44.7 Å². The maximum atomic E-state index is 12.6. The fourth-order valence-corrected chi connectivity index (χ4v) is 6.66. The van der Waals surface area contributed by atoms with Gasteiger partial charge in [0.2, 0.25) is 5.91 Å². The molecule has 1 atom stereocenters. The SMILES string of the molecule is CCCCCCCCCCCCCCCCCCC1=NCCN1C(C)NC(=O)CCCCCCCCCCCCCCC. The number of nitrogens with zero attached hydrogens (tertiary/aromatic N) is 2. The van der Waals surface area contributed by atoms with Gasteiger partial charge in [-0.1, -0.05) is 187 Å². The van der Waals surface area contributed by atoms with Crippen molar-refractivity contribution in [1.82, 2.24) is 10.2 Å². The van der Waals surface area contributed by atoms with Gasteiger partial charge in [0.15, 0.2) is 0 Å². The molecular formula is C39H77N3O. The number of amidine groups is 1. The maximum absolute atomic E-state index is 12.6. The molecule has 0 saturated heterocycles. The number of aliphatic imine (C=N–C) groups is 1. The number of amides is 1. The Morgan fingerprint density at radius 2 is 0.930 bits per heavy atom. The van der Waals surface area contributed by atoms with Crippen LogP contribution in [0.2, 0.25) is 0 Å². The predicted octanol–water partition coefficient (Wildman–Crippen LogP) is 12.3. The van der Waals surface area contributed by atoms with Crippen molar-refractivity contribution in [1.29, 1.82) is 0 Å². The van der Waals surface area contributed by atoms with Gasteiger partial charge in [-0.25, -0.2) is 0 Å². The van der Waals surface area contributed by atoms with Crippen molar-refractivity contribution in [2.45, 2.75) is 226 Å².